The topological polar surface area (TPSA) is 101 Å². The minimum Gasteiger partial charge on any atom is -0.460 e. The van der Waals surface area contributed by atoms with Crippen LogP contribution in [-0.2, 0) is 21.5 Å². The van der Waals surface area contributed by atoms with E-state index in [0.29, 0.717) is 36.6 Å². The number of para-hydroxylation sites is 2. The molecule has 9 heteroatoms. The summed E-state index contributed by atoms with van der Waals surface area (Å²) < 4.78 is 37.7. The fraction of sp³-hybridized carbons (Fsp3) is 0.261. The largest absolute Gasteiger partial charge is 0.460 e. The zero-order chi connectivity index (χ0) is 22.1. The molecule has 3 heterocycles. The van der Waals surface area contributed by atoms with Gasteiger partial charge in [0.05, 0.1) is 17.8 Å². The summed E-state index contributed by atoms with van der Waals surface area (Å²) in [7, 11) is -3.99. The van der Waals surface area contributed by atoms with Crippen molar-refractivity contribution in [2.24, 2.45) is 0 Å². The van der Waals surface area contributed by atoms with Crippen LogP contribution in [0.25, 0.3) is 22.2 Å². The van der Waals surface area contributed by atoms with Crippen LogP contribution in [0.4, 0.5) is 0 Å². The van der Waals surface area contributed by atoms with E-state index < -0.39 is 16.1 Å². The Morgan fingerprint density at radius 1 is 0.969 bits per heavy atom. The summed E-state index contributed by atoms with van der Waals surface area (Å²) in [5.74, 6) is 0.442. The Balaban J connectivity index is 1.70. The van der Waals surface area contributed by atoms with Gasteiger partial charge in [0.1, 0.15) is 11.5 Å². The lowest BCUT2D eigenvalue weighted by molar-refractivity contribution is -0.116. The van der Waals surface area contributed by atoms with Crippen LogP contribution >= 0.6 is 0 Å². The monoisotopic (exact) mass is 452 g/mol. The Labute approximate surface area is 186 Å². The van der Waals surface area contributed by atoms with Gasteiger partial charge in [0.2, 0.25) is 0 Å². The molecule has 0 saturated carbocycles. The van der Waals surface area contributed by atoms with Gasteiger partial charge in [-0.3, -0.25) is 4.79 Å². The minimum absolute atomic E-state index is 0.196. The smallest absolute Gasteiger partial charge is 0.301 e. The van der Waals surface area contributed by atoms with Crippen LogP contribution in [0, 0.1) is 0 Å². The van der Waals surface area contributed by atoms with E-state index in [-0.39, 0.29) is 13.1 Å². The maximum absolute atomic E-state index is 13.2. The van der Waals surface area contributed by atoms with Crippen molar-refractivity contribution in [3.63, 3.8) is 0 Å². The molecule has 1 amide bonds. The van der Waals surface area contributed by atoms with Gasteiger partial charge in [-0.15, -0.1) is 0 Å². The van der Waals surface area contributed by atoms with Crippen molar-refractivity contribution in [2.45, 2.75) is 19.4 Å². The van der Waals surface area contributed by atoms with Crippen molar-refractivity contribution in [3.05, 3.63) is 65.9 Å². The molecule has 0 atom stereocenters. The van der Waals surface area contributed by atoms with E-state index in [2.05, 4.69) is 25.4 Å². The molecule has 0 fully saturated rings. The Bertz CT molecular complexity index is 1330. The van der Waals surface area contributed by atoms with E-state index in [1.165, 1.54) is 0 Å². The quantitative estimate of drug-likeness (QED) is 0.486. The number of allylic oxidation sites excluding steroid dienone is 1. The molecule has 3 aromatic rings. The molecule has 3 N–H and O–H groups in total. The van der Waals surface area contributed by atoms with Crippen LogP contribution in [0.5, 0.6) is 5.75 Å². The van der Waals surface area contributed by atoms with Crippen molar-refractivity contribution < 1.29 is 17.9 Å². The van der Waals surface area contributed by atoms with Gasteiger partial charge in [0.15, 0.2) is 0 Å². The van der Waals surface area contributed by atoms with Crippen LogP contribution in [0.1, 0.15) is 12.8 Å². The molecule has 0 aliphatic carbocycles. The SMILES string of the molecule is O=C1NS(=O)(=O)NCCNCCC/C2=C\1Cn1c(cc3ccccc31)-c1ccccc1O2. The fourth-order valence-corrected chi connectivity index (χ4v) is 5.01. The first kappa shape index (κ1) is 20.7. The third-order valence-corrected chi connectivity index (χ3v) is 6.75. The molecular formula is C23H24N4O4S. The first-order valence-corrected chi connectivity index (χ1v) is 12.1. The molecule has 166 valence electrons. The summed E-state index contributed by atoms with van der Waals surface area (Å²) in [6.45, 7) is 1.55. The van der Waals surface area contributed by atoms with Crippen LogP contribution in [0.3, 0.4) is 0 Å². The fourth-order valence-electron chi connectivity index (χ4n) is 4.20. The van der Waals surface area contributed by atoms with Gasteiger partial charge in [-0.25, -0.2) is 4.72 Å². The average molecular weight is 453 g/mol. The maximum Gasteiger partial charge on any atom is 0.301 e. The van der Waals surface area contributed by atoms with Gasteiger partial charge in [0, 0.05) is 36.0 Å². The third kappa shape index (κ3) is 4.02. The molecule has 0 bridgehead atoms. The molecule has 8 nitrogen and oxygen atoms in total. The van der Waals surface area contributed by atoms with E-state index in [4.69, 9.17) is 4.74 Å². The normalized spacial score (nSPS) is 21.4. The van der Waals surface area contributed by atoms with Crippen molar-refractivity contribution in [1.82, 2.24) is 19.3 Å². The first-order chi connectivity index (χ1) is 15.5. The van der Waals surface area contributed by atoms with Gasteiger partial charge in [-0.05, 0) is 37.2 Å². The molecule has 2 aliphatic rings. The number of ether oxygens (including phenoxy) is 1. The van der Waals surface area contributed by atoms with E-state index in [1.54, 1.807) is 0 Å². The second-order valence-corrected chi connectivity index (χ2v) is 9.36. The highest BCUT2D eigenvalue weighted by Crippen LogP contribution is 2.38. The number of aromatic nitrogens is 1. The summed E-state index contributed by atoms with van der Waals surface area (Å²) in [5.41, 5.74) is 3.10. The van der Waals surface area contributed by atoms with Crippen LogP contribution in [0.2, 0.25) is 0 Å². The Kier molecular flexibility index (Phi) is 5.46. The maximum atomic E-state index is 13.2. The molecule has 0 spiro atoms. The first-order valence-electron chi connectivity index (χ1n) is 10.6. The van der Waals surface area contributed by atoms with Crippen molar-refractivity contribution >= 4 is 27.0 Å². The highest BCUT2D eigenvalue weighted by Gasteiger charge is 2.27. The molecule has 32 heavy (non-hydrogen) atoms. The number of benzene rings is 2. The molecular weight excluding hydrogens is 428 g/mol. The summed E-state index contributed by atoms with van der Waals surface area (Å²) in [6.07, 6.45) is 1.26. The number of carbonyl (C=O) groups is 1. The number of rotatable bonds is 0. The van der Waals surface area contributed by atoms with E-state index >= 15 is 0 Å². The predicted molar refractivity (Wildman–Crippen MR) is 122 cm³/mol. The number of amides is 1. The van der Waals surface area contributed by atoms with Gasteiger partial charge in [-0.1, -0.05) is 30.3 Å². The van der Waals surface area contributed by atoms with Gasteiger partial charge < -0.3 is 14.6 Å². The number of hydrogen-bond acceptors (Lipinski definition) is 5. The molecule has 2 aromatic carbocycles. The lowest BCUT2D eigenvalue weighted by Crippen LogP contribution is -2.44. The predicted octanol–water partition coefficient (Wildman–Crippen LogP) is 2.29. The summed E-state index contributed by atoms with van der Waals surface area (Å²) in [5, 5.41) is 4.24. The van der Waals surface area contributed by atoms with Crippen LogP contribution < -0.4 is 19.5 Å². The number of fused-ring (bicyclic) bond motifs is 5. The Morgan fingerprint density at radius 3 is 2.69 bits per heavy atom. The summed E-state index contributed by atoms with van der Waals surface area (Å²) >= 11 is 0. The second-order valence-electron chi connectivity index (χ2n) is 7.86. The van der Waals surface area contributed by atoms with Crippen LogP contribution in [0.15, 0.2) is 65.9 Å². The third-order valence-electron chi connectivity index (χ3n) is 5.71. The average Bonchev–Trinajstić information content (AvgIpc) is 3.12. The zero-order valence-electron chi connectivity index (χ0n) is 17.4. The molecule has 0 unspecified atom stereocenters. The summed E-state index contributed by atoms with van der Waals surface area (Å²) in [4.78, 5) is 13.2. The molecule has 0 saturated heterocycles. The number of hydrogen-bond donors (Lipinski definition) is 3. The van der Waals surface area contributed by atoms with E-state index in [1.807, 2.05) is 48.5 Å². The van der Waals surface area contributed by atoms with E-state index in [9.17, 15) is 13.2 Å². The standard InChI is InChI=1S/C23H24N4O4S/c28-23-18-15-27-19-8-3-1-6-16(19)14-20(27)17-7-2-4-9-21(17)31-22(18)10-5-11-24-12-13-25-32(29,30)26-23/h1-4,6-9,14,24-25H,5,10-13,15H2,(H,26,28)/b22-18+. The second kappa shape index (κ2) is 8.42. The molecule has 0 radical (unpaired) electrons. The lowest BCUT2D eigenvalue weighted by Gasteiger charge is -2.24. The molecule has 5 rings (SSSR count). The zero-order valence-corrected chi connectivity index (χ0v) is 18.2. The van der Waals surface area contributed by atoms with Crippen molar-refractivity contribution in [3.8, 4) is 17.0 Å². The number of carbonyl (C=O) groups excluding carboxylic acids is 1. The molecule has 2 aliphatic heterocycles. The lowest BCUT2D eigenvalue weighted by atomic mass is 10.1. The Hall–Kier alpha value is -3.14. The number of nitrogens with one attached hydrogen (secondary N) is 3. The van der Waals surface area contributed by atoms with Crippen molar-refractivity contribution in [2.75, 3.05) is 19.6 Å². The van der Waals surface area contributed by atoms with Gasteiger partial charge >= 0.3 is 10.2 Å². The Morgan fingerprint density at radius 2 is 1.78 bits per heavy atom. The highest BCUT2D eigenvalue weighted by atomic mass is 32.2. The van der Waals surface area contributed by atoms with Gasteiger partial charge in [-0.2, -0.15) is 13.1 Å². The minimum atomic E-state index is -3.99. The van der Waals surface area contributed by atoms with E-state index in [0.717, 1.165) is 28.6 Å². The summed E-state index contributed by atoms with van der Waals surface area (Å²) in [6, 6.07) is 17.7. The number of nitrogens with zero attached hydrogens (tertiary/aromatic N) is 1. The molecule has 1 aromatic heterocycles. The highest BCUT2D eigenvalue weighted by molar-refractivity contribution is 7.88. The van der Waals surface area contributed by atoms with Crippen molar-refractivity contribution in [1.29, 1.82) is 0 Å². The van der Waals surface area contributed by atoms with Crippen LogP contribution in [-0.4, -0.2) is 38.5 Å². The van der Waals surface area contributed by atoms with Gasteiger partial charge in [0.25, 0.3) is 5.91 Å².